The summed E-state index contributed by atoms with van der Waals surface area (Å²) in [5, 5.41) is 0. The Bertz CT molecular complexity index is 488. The Labute approximate surface area is 120 Å². The Hall–Kier alpha value is -0.241. The van der Waals surface area contributed by atoms with E-state index >= 15 is 0 Å². The van der Waals surface area contributed by atoms with E-state index in [-0.39, 0.29) is 0 Å². The van der Waals surface area contributed by atoms with Crippen molar-refractivity contribution < 1.29 is 33.3 Å². The van der Waals surface area contributed by atoms with E-state index in [2.05, 4.69) is 33.0 Å². The molecule has 0 radical (unpaired) electrons. The van der Waals surface area contributed by atoms with Gasteiger partial charge in [-0.1, -0.05) is 0 Å². The number of benzene rings is 1. The van der Waals surface area contributed by atoms with E-state index < -0.39 is 10.2 Å². The van der Waals surface area contributed by atoms with E-state index in [0.29, 0.717) is 14.5 Å². The third kappa shape index (κ3) is 6.63. The maximum atomic E-state index is 8.49. The number of hydrogen-bond donors (Lipinski definition) is 0. The zero-order valence-corrected chi connectivity index (χ0v) is 13.1. The summed E-state index contributed by atoms with van der Waals surface area (Å²) in [7, 11) is -4.94. The molecule has 1 aromatic heterocycles. The first-order chi connectivity index (χ1) is 8.25. The maximum absolute atomic E-state index is 8.49. The van der Waals surface area contributed by atoms with Gasteiger partial charge in [-0.25, -0.2) is 18.6 Å². The van der Waals surface area contributed by atoms with Crippen molar-refractivity contribution in [1.82, 2.24) is 0 Å². The predicted octanol–water partition coefficient (Wildman–Crippen LogP) is -1.40. The van der Waals surface area contributed by atoms with Gasteiger partial charge in [-0.05, 0) is 0 Å². The third-order valence-corrected chi connectivity index (χ3v) is 3.81. The van der Waals surface area contributed by atoms with Gasteiger partial charge in [0, 0.05) is 0 Å². The first kappa shape index (κ1) is 15.8. The van der Waals surface area contributed by atoms with Crippen LogP contribution < -0.4 is 18.6 Å². The number of hydrogen-bond acceptors (Lipinski definition) is 4. The molecular formula is C10H8BrClO5Se. The average Bonchev–Trinajstić information content (AvgIpc) is 2.63. The van der Waals surface area contributed by atoms with Crippen LogP contribution in [0.1, 0.15) is 4.63 Å². The summed E-state index contributed by atoms with van der Waals surface area (Å²) in [5.74, 6) is 1.00. The molecule has 0 unspecified atom stereocenters. The summed E-state index contributed by atoms with van der Waals surface area (Å²) in [6.45, 7) is 2.03. The second-order valence-electron chi connectivity index (χ2n) is 3.08. The Kier molecular flexibility index (Phi) is 5.97. The molecule has 0 saturated carbocycles. The van der Waals surface area contributed by atoms with Crippen molar-refractivity contribution in [2.24, 2.45) is 0 Å². The largest absolute Gasteiger partial charge is 0.222 e. The first-order valence-corrected chi connectivity index (χ1v) is 8.39. The van der Waals surface area contributed by atoms with Crippen LogP contribution >= 0.6 is 15.9 Å². The molecule has 0 amide bonds. The van der Waals surface area contributed by atoms with Gasteiger partial charge in [-0.15, -0.1) is 10.2 Å². The normalized spacial score (nSPS) is 10.8. The summed E-state index contributed by atoms with van der Waals surface area (Å²) in [5.41, 5.74) is 1.15. The molecule has 0 aliphatic carbocycles. The molecule has 98 valence electrons. The molecule has 1 aromatic carbocycles. The molecule has 0 N–H and O–H groups in total. The standard InChI is InChI=1S/C10H8BrOSe.ClHO4/c1-7-12-10(6-13-7)8-2-4-9(11)5-3-8;2-1(3,4)5/h2-6H,1H3;(H,2,3,4,5)/q+1;/p-1. The molecule has 18 heavy (non-hydrogen) atoms. The van der Waals surface area contributed by atoms with Crippen LogP contribution in [0.3, 0.4) is 0 Å². The van der Waals surface area contributed by atoms with E-state index in [9.17, 15) is 0 Å². The summed E-state index contributed by atoms with van der Waals surface area (Å²) >= 11 is 3.82. The molecule has 0 bridgehead atoms. The predicted molar refractivity (Wildman–Crippen MR) is 57.9 cm³/mol. The quantitative estimate of drug-likeness (QED) is 0.431. The van der Waals surface area contributed by atoms with Gasteiger partial charge >= 0.3 is 91.4 Å². The second kappa shape index (κ2) is 6.79. The van der Waals surface area contributed by atoms with Gasteiger partial charge < -0.3 is 0 Å². The molecule has 0 saturated heterocycles. The van der Waals surface area contributed by atoms with E-state index in [1.807, 2.05) is 19.1 Å². The zero-order chi connectivity index (χ0) is 13.8. The van der Waals surface area contributed by atoms with Crippen molar-refractivity contribution in [3.05, 3.63) is 38.3 Å². The summed E-state index contributed by atoms with van der Waals surface area (Å²) in [4.78, 5) is 2.17. The van der Waals surface area contributed by atoms with E-state index in [4.69, 9.17) is 23.1 Å². The summed E-state index contributed by atoms with van der Waals surface area (Å²) in [6.07, 6.45) is 0. The number of halogens is 2. The number of aryl methyl sites for hydroxylation is 1. The molecule has 0 aliphatic heterocycles. The monoisotopic (exact) mass is 402 g/mol. The molecule has 0 spiro atoms. The third-order valence-electron chi connectivity index (χ3n) is 1.71. The van der Waals surface area contributed by atoms with Gasteiger partial charge in [0.25, 0.3) is 0 Å². The minimum absolute atomic E-state index is 0.419. The molecule has 1 heterocycles. The van der Waals surface area contributed by atoms with Crippen molar-refractivity contribution >= 4 is 30.4 Å². The summed E-state index contributed by atoms with van der Waals surface area (Å²) in [6, 6.07) is 8.18. The van der Waals surface area contributed by atoms with Gasteiger partial charge in [0.05, 0.1) is 0 Å². The fourth-order valence-corrected chi connectivity index (χ4v) is 2.59. The van der Waals surface area contributed by atoms with Crippen molar-refractivity contribution in [3.8, 4) is 11.3 Å². The minimum atomic E-state index is -4.94. The van der Waals surface area contributed by atoms with Crippen LogP contribution in [0.5, 0.6) is 0 Å². The Morgan fingerprint density at radius 1 is 1.11 bits per heavy atom. The molecule has 2 aromatic rings. The van der Waals surface area contributed by atoms with E-state index in [0.717, 1.165) is 20.4 Å². The fraction of sp³-hybridized carbons (Fsp3) is 0.100. The van der Waals surface area contributed by atoms with Crippen molar-refractivity contribution in [1.29, 1.82) is 0 Å². The Morgan fingerprint density at radius 3 is 2.00 bits per heavy atom. The van der Waals surface area contributed by atoms with Crippen molar-refractivity contribution in [2.75, 3.05) is 0 Å². The van der Waals surface area contributed by atoms with Crippen molar-refractivity contribution in [3.63, 3.8) is 0 Å². The minimum Gasteiger partial charge on any atom is -0.222 e. The topological polar surface area (TPSA) is 104 Å². The fourth-order valence-electron chi connectivity index (χ4n) is 1.08. The molecular weight excluding hydrogens is 394 g/mol. The first-order valence-electron chi connectivity index (χ1n) is 4.51. The van der Waals surface area contributed by atoms with Crippen LogP contribution in [-0.2, 0) is 0 Å². The molecule has 0 atom stereocenters. The Morgan fingerprint density at radius 2 is 1.61 bits per heavy atom. The molecule has 8 heteroatoms. The maximum Gasteiger partial charge on any atom is -0.112 e. The van der Waals surface area contributed by atoms with Gasteiger partial charge in [-0.3, -0.25) is 0 Å². The molecule has 2 rings (SSSR count). The Balaban J connectivity index is 0.000000280. The van der Waals surface area contributed by atoms with Crippen LogP contribution in [-0.4, -0.2) is 14.5 Å². The molecule has 0 aliphatic rings. The average molecular weight is 402 g/mol. The van der Waals surface area contributed by atoms with E-state index in [1.165, 1.54) is 0 Å². The smallest absolute Gasteiger partial charge is 0.112 e. The zero-order valence-electron chi connectivity index (χ0n) is 9.09. The SMILES string of the molecule is Cc1[o+]c(-c2ccc(Br)cc2)c[se]1.[O-][Cl+3]([O-])([O-])[O-]. The van der Waals surface area contributed by atoms with Crippen LogP contribution in [0.4, 0.5) is 0 Å². The summed E-state index contributed by atoms with van der Waals surface area (Å²) < 4.78 is 41.8. The second-order valence-corrected chi connectivity index (χ2v) is 6.95. The van der Waals surface area contributed by atoms with Gasteiger partial charge in [0.1, 0.15) is 0 Å². The molecule has 5 nitrogen and oxygen atoms in total. The van der Waals surface area contributed by atoms with Gasteiger partial charge in [-0.2, -0.15) is 0 Å². The van der Waals surface area contributed by atoms with Gasteiger partial charge in [0.15, 0.2) is 0 Å². The van der Waals surface area contributed by atoms with Crippen LogP contribution in [0.2, 0.25) is 0 Å². The van der Waals surface area contributed by atoms with Crippen molar-refractivity contribution in [2.45, 2.75) is 6.92 Å². The number of rotatable bonds is 1. The van der Waals surface area contributed by atoms with Crippen LogP contribution in [0.25, 0.3) is 11.3 Å². The van der Waals surface area contributed by atoms with Gasteiger partial charge in [0.2, 0.25) is 0 Å². The van der Waals surface area contributed by atoms with Crippen LogP contribution in [0.15, 0.2) is 38.1 Å². The van der Waals surface area contributed by atoms with E-state index in [1.54, 1.807) is 0 Å². The van der Waals surface area contributed by atoms with Crippen LogP contribution in [0, 0.1) is 17.2 Å². The molecule has 0 fully saturated rings.